The summed E-state index contributed by atoms with van der Waals surface area (Å²) in [5.41, 5.74) is 6.90. The van der Waals surface area contributed by atoms with Crippen LogP contribution in [0.5, 0.6) is 5.75 Å². The Balaban J connectivity index is 2.20. The van der Waals surface area contributed by atoms with Gasteiger partial charge in [0.15, 0.2) is 0 Å². The van der Waals surface area contributed by atoms with Gasteiger partial charge in [-0.15, -0.1) is 0 Å². The normalized spacial score (nSPS) is 13.5. The van der Waals surface area contributed by atoms with E-state index in [1.807, 2.05) is 13.3 Å². The fourth-order valence-corrected chi connectivity index (χ4v) is 6.36. The number of benzene rings is 3. The first-order valence-corrected chi connectivity index (χ1v) is 15.3. The van der Waals surface area contributed by atoms with Crippen molar-refractivity contribution in [1.29, 1.82) is 0 Å². The Kier molecular flexibility index (Phi) is 10.8. The molecule has 0 N–H and O–H groups in total. The molecule has 2 atom stereocenters. The minimum absolute atomic E-state index is 0.0358. The Hall–Kier alpha value is -2.44. The minimum Gasteiger partial charge on any atom is -0.488 e. The molecule has 3 heteroatoms. The predicted molar refractivity (Wildman–Crippen MR) is 169 cm³/mol. The van der Waals surface area contributed by atoms with E-state index in [0.717, 1.165) is 12.2 Å². The first-order chi connectivity index (χ1) is 18.0. The molecule has 3 rings (SSSR count). The highest BCUT2D eigenvalue weighted by molar-refractivity contribution is 7.47. The van der Waals surface area contributed by atoms with E-state index in [9.17, 15) is 0 Å². The summed E-state index contributed by atoms with van der Waals surface area (Å²) in [6.07, 6.45) is 6.86. The van der Waals surface area contributed by atoms with Gasteiger partial charge in [0.1, 0.15) is 12.4 Å². The second-order valence-corrected chi connectivity index (χ2v) is 13.9. The molecule has 38 heavy (non-hydrogen) atoms. The molecule has 0 radical (unpaired) electrons. The van der Waals surface area contributed by atoms with E-state index in [2.05, 4.69) is 120 Å². The molecule has 3 aromatic rings. The maximum Gasteiger partial charge on any atom is 0.127 e. The Morgan fingerprint density at radius 3 is 2.18 bits per heavy atom. The topological polar surface area (TPSA) is 21.6 Å². The van der Waals surface area contributed by atoms with Crippen LogP contribution < -0.4 is 10.0 Å². The molecule has 0 fully saturated rings. The molecule has 204 valence electrons. The summed E-state index contributed by atoms with van der Waals surface area (Å²) in [4.78, 5) is 4.35. The fourth-order valence-electron chi connectivity index (χ4n) is 4.76. The predicted octanol–water partition coefficient (Wildman–Crippen LogP) is 9.53. The molecular weight excluding hydrogens is 481 g/mol. The fraction of sp³-hybridized carbons (Fsp3) is 0.457. The van der Waals surface area contributed by atoms with Gasteiger partial charge in [-0.25, -0.2) is 0 Å². The van der Waals surface area contributed by atoms with E-state index >= 15 is 0 Å². The van der Waals surface area contributed by atoms with Gasteiger partial charge in [0.25, 0.3) is 0 Å². The second-order valence-electron chi connectivity index (χ2n) is 12.4. The highest BCUT2D eigenvalue weighted by Crippen LogP contribution is 2.48. The number of nitrogens with zero attached hydrogens (tertiary/aromatic N) is 1. The lowest BCUT2D eigenvalue weighted by molar-refractivity contribution is 0.293. The van der Waals surface area contributed by atoms with Gasteiger partial charge >= 0.3 is 0 Å². The number of hydrogen-bond donors (Lipinski definition) is 0. The van der Waals surface area contributed by atoms with Crippen LogP contribution in [0.4, 0.5) is 0 Å². The number of hydrogen-bond acceptors (Lipinski definition) is 2. The molecule has 0 aromatic heterocycles. The molecule has 0 saturated heterocycles. The van der Waals surface area contributed by atoms with Crippen LogP contribution in [0.25, 0.3) is 0 Å². The number of unbranched alkanes of at least 4 members (excludes halogenated alkanes) is 2. The minimum atomic E-state index is -0.0358. The molecule has 3 aromatic carbocycles. The first kappa shape index (κ1) is 30.1. The van der Waals surface area contributed by atoms with Gasteiger partial charge in [-0.05, 0) is 39.2 Å². The second kappa shape index (κ2) is 13.6. The molecule has 0 heterocycles. The summed E-state index contributed by atoms with van der Waals surface area (Å²) < 4.78 is 6.83. The zero-order valence-electron chi connectivity index (χ0n) is 24.9. The smallest absolute Gasteiger partial charge is 0.127 e. The van der Waals surface area contributed by atoms with Crippen LogP contribution in [0.2, 0.25) is 0 Å². The van der Waals surface area contributed by atoms with Gasteiger partial charge < -0.3 is 4.74 Å². The van der Waals surface area contributed by atoms with Gasteiger partial charge in [0.05, 0.1) is 0 Å². The van der Waals surface area contributed by atoms with Crippen LogP contribution in [0.3, 0.4) is 0 Å². The van der Waals surface area contributed by atoms with Crippen LogP contribution in [-0.2, 0) is 17.4 Å². The van der Waals surface area contributed by atoms with Gasteiger partial charge in [0.2, 0.25) is 0 Å². The number of ether oxygens (including phenoxy) is 1. The van der Waals surface area contributed by atoms with E-state index in [1.165, 1.54) is 52.4 Å². The van der Waals surface area contributed by atoms with E-state index in [-0.39, 0.29) is 10.8 Å². The quantitative estimate of drug-likeness (QED) is 0.138. The maximum absolute atomic E-state index is 6.83. The monoisotopic (exact) mass is 529 g/mol. The Morgan fingerprint density at radius 2 is 1.55 bits per heavy atom. The third kappa shape index (κ3) is 8.28. The van der Waals surface area contributed by atoms with Crippen LogP contribution >= 0.6 is 8.58 Å². The van der Waals surface area contributed by atoms with Crippen LogP contribution in [0.15, 0.2) is 71.7 Å². The average molecular weight is 530 g/mol. The summed E-state index contributed by atoms with van der Waals surface area (Å²) in [6, 6.07) is 24.2. The highest BCUT2D eigenvalue weighted by Gasteiger charge is 2.29. The summed E-state index contributed by atoms with van der Waals surface area (Å²) >= 11 is 0. The Bertz CT molecular complexity index is 1180. The molecule has 0 aliphatic heterocycles. The lowest BCUT2D eigenvalue weighted by Crippen LogP contribution is -2.20. The number of aliphatic imine (C=N–C) groups is 1. The molecule has 0 amide bonds. The van der Waals surface area contributed by atoms with Crippen molar-refractivity contribution in [3.8, 4) is 5.75 Å². The average Bonchev–Trinajstić information content (AvgIpc) is 2.87. The van der Waals surface area contributed by atoms with Gasteiger partial charge in [-0.2, -0.15) is 0 Å². The van der Waals surface area contributed by atoms with Crippen molar-refractivity contribution in [2.24, 2.45) is 4.99 Å². The van der Waals surface area contributed by atoms with E-state index in [4.69, 9.17) is 4.74 Å². The van der Waals surface area contributed by atoms with Crippen LogP contribution in [0.1, 0.15) is 108 Å². The van der Waals surface area contributed by atoms with Crippen LogP contribution in [-0.4, -0.2) is 13.3 Å². The Labute approximate surface area is 234 Å². The van der Waals surface area contributed by atoms with E-state index in [1.54, 1.807) is 0 Å². The molecular formula is C35H48NOP. The molecule has 0 bridgehead atoms. The lowest BCUT2D eigenvalue weighted by Gasteiger charge is -2.32. The van der Waals surface area contributed by atoms with Gasteiger partial charge in [-0.3, -0.25) is 4.99 Å². The maximum atomic E-state index is 6.83. The van der Waals surface area contributed by atoms with Crippen LogP contribution in [0, 0.1) is 0 Å². The van der Waals surface area contributed by atoms with Crippen molar-refractivity contribution >= 4 is 20.1 Å². The Morgan fingerprint density at radius 1 is 0.868 bits per heavy atom. The summed E-state index contributed by atoms with van der Waals surface area (Å²) in [7, 11) is 2.51. The molecule has 0 aliphatic rings. The standard InChI is InChI=1S/C35H48NOP/c1-9-10-12-21-32(38-31-20-16-15-19-27(31)24-36-8)29-22-28(34(2,3)4)23-30(35(5,6)7)33(29)37-25-26-17-13-11-14-18-26/h11,13-20,22-24,32,38H,9-10,12,21,25H2,1-8H3/b36-24+. The largest absolute Gasteiger partial charge is 0.488 e. The van der Waals surface area contributed by atoms with Crippen molar-refractivity contribution in [2.45, 2.75) is 97.2 Å². The van der Waals surface area contributed by atoms with Crippen molar-refractivity contribution in [3.63, 3.8) is 0 Å². The van der Waals surface area contributed by atoms with Gasteiger partial charge in [0, 0.05) is 30.0 Å². The third-order valence-electron chi connectivity index (χ3n) is 7.05. The van der Waals surface area contributed by atoms with Crippen molar-refractivity contribution in [2.75, 3.05) is 7.05 Å². The number of rotatable bonds is 11. The van der Waals surface area contributed by atoms with Crippen molar-refractivity contribution in [3.05, 3.63) is 94.5 Å². The zero-order valence-corrected chi connectivity index (χ0v) is 25.9. The molecule has 2 unspecified atom stereocenters. The van der Waals surface area contributed by atoms with Crippen molar-refractivity contribution in [1.82, 2.24) is 0 Å². The first-order valence-electron chi connectivity index (χ1n) is 14.2. The lowest BCUT2D eigenvalue weighted by atomic mass is 9.78. The third-order valence-corrected chi connectivity index (χ3v) is 8.76. The van der Waals surface area contributed by atoms with Crippen molar-refractivity contribution < 1.29 is 4.74 Å². The summed E-state index contributed by atoms with van der Waals surface area (Å²) in [5, 5.41) is 1.38. The SMILES string of the molecule is CCCCCC(Pc1ccccc1/C=N/C)c1cc(C(C)(C)C)cc(C(C)(C)C)c1OCc1ccccc1. The molecule has 2 nitrogen and oxygen atoms in total. The zero-order chi connectivity index (χ0) is 27.8. The van der Waals surface area contributed by atoms with E-state index < -0.39 is 0 Å². The molecule has 0 spiro atoms. The highest BCUT2D eigenvalue weighted by atomic mass is 31.1. The van der Waals surface area contributed by atoms with E-state index in [0.29, 0.717) is 20.8 Å². The molecule has 0 saturated carbocycles. The molecule has 0 aliphatic carbocycles. The van der Waals surface area contributed by atoms with Gasteiger partial charge in [-0.1, -0.05) is 143 Å². The summed E-state index contributed by atoms with van der Waals surface area (Å²) in [6.45, 7) is 16.8. The summed E-state index contributed by atoms with van der Waals surface area (Å²) in [5.74, 6) is 1.09.